The minimum Gasteiger partial charge on any atom is -0.350 e. The Balaban J connectivity index is 1.75. The van der Waals surface area contributed by atoms with Crippen molar-refractivity contribution < 1.29 is 26.4 Å². The summed E-state index contributed by atoms with van der Waals surface area (Å²) < 4.78 is 65.4. The second-order valence-electron chi connectivity index (χ2n) is 8.42. The van der Waals surface area contributed by atoms with Gasteiger partial charge < -0.3 is 5.32 Å². The first-order valence-corrected chi connectivity index (χ1v) is 13.0. The molecule has 34 heavy (non-hydrogen) atoms. The lowest BCUT2D eigenvalue weighted by Crippen LogP contribution is -2.47. The second-order valence-corrected chi connectivity index (χ2v) is 10.7. The number of sulfonamides is 1. The van der Waals surface area contributed by atoms with Crippen LogP contribution in [0.5, 0.6) is 0 Å². The SMILES string of the molecule is C[C@@H](C(=O)NCc1cccc(CN2CCCC2)c1)N(c1ccc(Cl)c(C(F)(F)F)c1)S(C)(=O)=O. The maximum Gasteiger partial charge on any atom is 0.417 e. The molecule has 1 fully saturated rings. The fraction of sp³-hybridized carbons (Fsp3) is 0.435. The maximum atomic E-state index is 13.3. The maximum absolute atomic E-state index is 13.3. The number of carbonyl (C=O) groups is 1. The number of amides is 1. The van der Waals surface area contributed by atoms with Gasteiger partial charge in [0, 0.05) is 13.1 Å². The molecule has 3 rings (SSSR count). The second kappa shape index (κ2) is 10.5. The Hall–Kier alpha value is -2.30. The number of anilines is 1. The van der Waals surface area contributed by atoms with Gasteiger partial charge in [-0.25, -0.2) is 8.42 Å². The quantitative estimate of drug-likeness (QED) is 0.562. The summed E-state index contributed by atoms with van der Waals surface area (Å²) in [4.78, 5) is 15.2. The molecular formula is C23H27ClF3N3O3S. The van der Waals surface area contributed by atoms with Gasteiger partial charge in [0.1, 0.15) is 6.04 Å². The molecule has 11 heteroatoms. The Labute approximate surface area is 202 Å². The molecular weight excluding hydrogens is 491 g/mol. The van der Waals surface area contributed by atoms with Crippen LogP contribution in [0.25, 0.3) is 0 Å². The van der Waals surface area contributed by atoms with Crippen LogP contribution in [0.2, 0.25) is 5.02 Å². The van der Waals surface area contributed by atoms with E-state index in [1.807, 2.05) is 24.3 Å². The summed E-state index contributed by atoms with van der Waals surface area (Å²) in [5.74, 6) is -0.640. The van der Waals surface area contributed by atoms with Gasteiger partial charge in [-0.15, -0.1) is 0 Å². The summed E-state index contributed by atoms with van der Waals surface area (Å²) in [6.07, 6.45) is -1.58. The molecule has 2 aromatic carbocycles. The zero-order chi connectivity index (χ0) is 25.1. The predicted molar refractivity (Wildman–Crippen MR) is 126 cm³/mol. The molecule has 6 nitrogen and oxygen atoms in total. The summed E-state index contributed by atoms with van der Waals surface area (Å²) in [5, 5.41) is 2.13. The number of halogens is 4. The number of benzene rings is 2. The van der Waals surface area contributed by atoms with Gasteiger partial charge in [-0.2, -0.15) is 13.2 Å². The summed E-state index contributed by atoms with van der Waals surface area (Å²) in [6, 6.07) is 9.19. The monoisotopic (exact) mass is 517 g/mol. The fourth-order valence-electron chi connectivity index (χ4n) is 4.05. The van der Waals surface area contributed by atoms with E-state index in [0.29, 0.717) is 10.4 Å². The van der Waals surface area contributed by atoms with Crippen molar-refractivity contribution >= 4 is 33.2 Å². The first-order valence-electron chi connectivity index (χ1n) is 10.8. The van der Waals surface area contributed by atoms with Crippen LogP contribution in [-0.4, -0.2) is 44.6 Å². The van der Waals surface area contributed by atoms with Crippen LogP contribution < -0.4 is 9.62 Å². The normalized spacial score (nSPS) is 15.8. The van der Waals surface area contributed by atoms with Crippen LogP contribution in [0.1, 0.15) is 36.5 Å². The summed E-state index contributed by atoms with van der Waals surface area (Å²) in [7, 11) is -4.08. The van der Waals surface area contributed by atoms with Gasteiger partial charge in [-0.3, -0.25) is 14.0 Å². The average Bonchev–Trinajstić information content (AvgIpc) is 3.24. The highest BCUT2D eigenvalue weighted by atomic mass is 35.5. The molecule has 186 valence electrons. The van der Waals surface area contributed by atoms with Crippen molar-refractivity contribution in [1.82, 2.24) is 10.2 Å². The van der Waals surface area contributed by atoms with Crippen molar-refractivity contribution in [2.24, 2.45) is 0 Å². The standard InChI is InChI=1S/C23H27ClF3N3O3S/c1-16(30(34(2,32)33)19-8-9-21(24)20(13-19)23(25,26)27)22(31)28-14-17-6-5-7-18(12-17)15-29-10-3-4-11-29/h5-9,12-13,16H,3-4,10-11,14-15H2,1-2H3,(H,28,31)/t16-/m0/s1. The third kappa shape index (κ3) is 6.64. The number of hydrogen-bond acceptors (Lipinski definition) is 4. The van der Waals surface area contributed by atoms with Crippen molar-refractivity contribution in [3.8, 4) is 0 Å². The number of alkyl halides is 3. The molecule has 0 bridgehead atoms. The van der Waals surface area contributed by atoms with Crippen molar-refractivity contribution in [1.29, 1.82) is 0 Å². The predicted octanol–water partition coefficient (Wildman–Crippen LogP) is 4.43. The molecule has 0 spiro atoms. The Kier molecular flexibility index (Phi) is 8.15. The molecule has 1 heterocycles. The number of likely N-dealkylation sites (tertiary alicyclic amines) is 1. The molecule has 2 aromatic rings. The molecule has 1 amide bonds. The lowest BCUT2D eigenvalue weighted by molar-refractivity contribution is -0.137. The van der Waals surface area contributed by atoms with Crippen LogP contribution in [0.4, 0.5) is 18.9 Å². The molecule has 0 unspecified atom stereocenters. The van der Waals surface area contributed by atoms with Gasteiger partial charge >= 0.3 is 6.18 Å². The highest BCUT2D eigenvalue weighted by molar-refractivity contribution is 7.92. The van der Waals surface area contributed by atoms with Crippen LogP contribution >= 0.6 is 11.6 Å². The third-order valence-corrected chi connectivity index (χ3v) is 7.23. The molecule has 0 radical (unpaired) electrons. The molecule has 1 saturated heterocycles. The van der Waals surface area contributed by atoms with Gasteiger partial charge in [0.25, 0.3) is 0 Å². The first-order chi connectivity index (χ1) is 15.9. The number of rotatable bonds is 8. The minimum atomic E-state index is -4.78. The van der Waals surface area contributed by atoms with Gasteiger partial charge in [-0.1, -0.05) is 35.9 Å². The van der Waals surface area contributed by atoms with Crippen molar-refractivity contribution in [2.45, 2.75) is 45.1 Å². The van der Waals surface area contributed by atoms with E-state index >= 15 is 0 Å². The van der Waals surface area contributed by atoms with E-state index in [-0.39, 0.29) is 12.2 Å². The molecule has 1 aliphatic heterocycles. The van der Waals surface area contributed by atoms with Gasteiger partial charge in [0.15, 0.2) is 0 Å². The summed E-state index contributed by atoms with van der Waals surface area (Å²) in [6.45, 7) is 4.41. The lowest BCUT2D eigenvalue weighted by atomic mass is 10.1. The van der Waals surface area contributed by atoms with E-state index in [1.54, 1.807) is 0 Å². The fourth-order valence-corrected chi connectivity index (χ4v) is 5.44. The van der Waals surface area contributed by atoms with E-state index in [9.17, 15) is 26.4 Å². The van der Waals surface area contributed by atoms with Crippen LogP contribution in [0, 0.1) is 0 Å². The molecule has 0 aromatic heterocycles. The molecule has 1 aliphatic rings. The highest BCUT2D eigenvalue weighted by Crippen LogP contribution is 2.37. The van der Waals surface area contributed by atoms with E-state index in [4.69, 9.17) is 11.6 Å². The first kappa shape index (κ1) is 26.3. The Morgan fingerprint density at radius 2 is 1.79 bits per heavy atom. The topological polar surface area (TPSA) is 69.7 Å². The van der Waals surface area contributed by atoms with Crippen molar-refractivity contribution in [3.05, 3.63) is 64.2 Å². The highest BCUT2D eigenvalue weighted by Gasteiger charge is 2.36. The van der Waals surface area contributed by atoms with E-state index in [1.165, 1.54) is 19.8 Å². The van der Waals surface area contributed by atoms with Crippen LogP contribution in [-0.2, 0) is 34.1 Å². The summed E-state index contributed by atoms with van der Waals surface area (Å²) in [5.41, 5.74) is 0.478. The van der Waals surface area contributed by atoms with Gasteiger partial charge in [0.2, 0.25) is 15.9 Å². The number of hydrogen-bond donors (Lipinski definition) is 1. The zero-order valence-electron chi connectivity index (χ0n) is 18.9. The Morgan fingerprint density at radius 1 is 1.15 bits per heavy atom. The largest absolute Gasteiger partial charge is 0.417 e. The van der Waals surface area contributed by atoms with Gasteiger partial charge in [-0.05, 0) is 62.2 Å². The molecule has 0 saturated carbocycles. The van der Waals surface area contributed by atoms with Crippen molar-refractivity contribution in [2.75, 3.05) is 23.7 Å². The van der Waals surface area contributed by atoms with Crippen molar-refractivity contribution in [3.63, 3.8) is 0 Å². The van der Waals surface area contributed by atoms with E-state index < -0.39 is 38.7 Å². The number of nitrogens with zero attached hydrogens (tertiary/aromatic N) is 2. The molecule has 1 N–H and O–H groups in total. The van der Waals surface area contributed by atoms with E-state index in [0.717, 1.165) is 49.1 Å². The Bertz CT molecular complexity index is 1140. The summed E-state index contributed by atoms with van der Waals surface area (Å²) >= 11 is 5.66. The molecule has 1 atom stereocenters. The van der Waals surface area contributed by atoms with E-state index in [2.05, 4.69) is 10.2 Å². The minimum absolute atomic E-state index is 0.156. The molecule has 0 aliphatic carbocycles. The zero-order valence-corrected chi connectivity index (χ0v) is 20.5. The number of carbonyl (C=O) groups excluding carboxylic acids is 1. The average molecular weight is 518 g/mol. The van der Waals surface area contributed by atoms with Crippen LogP contribution in [0.3, 0.4) is 0 Å². The van der Waals surface area contributed by atoms with Crippen LogP contribution in [0.15, 0.2) is 42.5 Å². The Morgan fingerprint density at radius 3 is 2.41 bits per heavy atom. The number of nitrogens with one attached hydrogen (secondary N) is 1. The lowest BCUT2D eigenvalue weighted by Gasteiger charge is -2.29. The third-order valence-electron chi connectivity index (χ3n) is 5.66. The van der Waals surface area contributed by atoms with Gasteiger partial charge in [0.05, 0.1) is 22.5 Å². The smallest absolute Gasteiger partial charge is 0.350 e.